The first-order chi connectivity index (χ1) is 3.81. The zero-order chi connectivity index (χ0) is 6.41. The van der Waals surface area contributed by atoms with Gasteiger partial charge in [-0.15, -0.1) is 0 Å². The monoisotopic (exact) mass is 133 g/mol. The molecule has 0 atom stereocenters. The van der Waals surface area contributed by atoms with Crippen LogP contribution in [0.4, 0.5) is 0 Å². The van der Waals surface area contributed by atoms with Gasteiger partial charge < -0.3 is 4.72 Å². The fourth-order valence-electron chi connectivity index (χ4n) is 0.393. The van der Waals surface area contributed by atoms with E-state index in [0.717, 1.165) is 12.8 Å². The van der Waals surface area contributed by atoms with Crippen molar-refractivity contribution in [1.29, 1.82) is 0 Å². The second-order valence-electron chi connectivity index (χ2n) is 1.64. The predicted molar refractivity (Wildman–Crippen MR) is 36.7 cm³/mol. The minimum absolute atomic E-state index is 0.00943. The van der Waals surface area contributed by atoms with Gasteiger partial charge in [0.25, 0.3) is 0 Å². The Bertz CT molecular complexity index is 74.8. The van der Waals surface area contributed by atoms with Crippen molar-refractivity contribution in [2.24, 2.45) is 0 Å². The summed E-state index contributed by atoms with van der Waals surface area (Å²) in [5.41, 5.74) is 0. The van der Waals surface area contributed by atoms with Gasteiger partial charge in [0.2, 0.25) is 5.91 Å². The van der Waals surface area contributed by atoms with Crippen molar-refractivity contribution in [2.75, 3.05) is 0 Å². The van der Waals surface area contributed by atoms with Gasteiger partial charge in [-0.1, -0.05) is 26.2 Å². The predicted octanol–water partition coefficient (Wildman–Crippen LogP) is 1.14. The Labute approximate surface area is 55.2 Å². The third-order valence-electron chi connectivity index (χ3n) is 0.882. The second kappa shape index (κ2) is 4.97. The summed E-state index contributed by atoms with van der Waals surface area (Å²) in [6.07, 6.45) is 2.60. The highest BCUT2D eigenvalue weighted by atomic mass is 32.1. The minimum Gasteiger partial charge on any atom is -0.303 e. The molecule has 0 aromatic carbocycles. The van der Waals surface area contributed by atoms with Gasteiger partial charge in [0.05, 0.1) is 0 Å². The Morgan fingerprint density at radius 2 is 2.38 bits per heavy atom. The van der Waals surface area contributed by atoms with Gasteiger partial charge in [-0.2, -0.15) is 0 Å². The van der Waals surface area contributed by atoms with Gasteiger partial charge in [0.15, 0.2) is 0 Å². The Kier molecular flexibility index (Phi) is 4.85. The van der Waals surface area contributed by atoms with Crippen LogP contribution in [0.2, 0.25) is 0 Å². The van der Waals surface area contributed by atoms with Crippen molar-refractivity contribution in [2.45, 2.75) is 26.2 Å². The second-order valence-corrected chi connectivity index (χ2v) is 1.86. The van der Waals surface area contributed by atoms with E-state index in [0.29, 0.717) is 6.42 Å². The van der Waals surface area contributed by atoms with E-state index in [2.05, 4.69) is 17.5 Å². The number of thiol groups is 1. The largest absolute Gasteiger partial charge is 0.303 e. The molecule has 0 bridgehead atoms. The summed E-state index contributed by atoms with van der Waals surface area (Å²) in [5, 5.41) is 0. The number of nitrogens with one attached hydrogen (secondary N) is 1. The van der Waals surface area contributed by atoms with Crippen LogP contribution in [-0.2, 0) is 4.79 Å². The van der Waals surface area contributed by atoms with Crippen LogP contribution >= 0.6 is 12.8 Å². The van der Waals surface area contributed by atoms with Crippen molar-refractivity contribution >= 4 is 18.7 Å². The van der Waals surface area contributed by atoms with Gasteiger partial charge in [0.1, 0.15) is 0 Å². The highest BCUT2D eigenvalue weighted by Gasteiger charge is 1.93. The number of hydrogen-bond acceptors (Lipinski definition) is 2. The van der Waals surface area contributed by atoms with Crippen LogP contribution in [0.15, 0.2) is 0 Å². The lowest BCUT2D eigenvalue weighted by Gasteiger charge is -1.93. The molecule has 0 aromatic heterocycles. The molecule has 48 valence electrons. The Hall–Kier alpha value is -0.180. The van der Waals surface area contributed by atoms with E-state index in [9.17, 15) is 4.79 Å². The molecule has 1 N–H and O–H groups in total. The molecular weight excluding hydrogens is 122 g/mol. The standard InChI is InChI=1S/C5H11NOS/c1-2-3-4-5(7)6-8/h8H,2-4H2,1H3,(H,6,7). The van der Waals surface area contributed by atoms with E-state index < -0.39 is 0 Å². The van der Waals surface area contributed by atoms with E-state index in [1.165, 1.54) is 0 Å². The minimum atomic E-state index is 0.00943. The molecule has 0 saturated heterocycles. The van der Waals surface area contributed by atoms with Crippen LogP contribution in [0.25, 0.3) is 0 Å². The molecule has 0 unspecified atom stereocenters. The van der Waals surface area contributed by atoms with E-state index in [-0.39, 0.29) is 5.91 Å². The lowest BCUT2D eigenvalue weighted by molar-refractivity contribution is -0.119. The van der Waals surface area contributed by atoms with Crippen LogP contribution in [0.1, 0.15) is 26.2 Å². The van der Waals surface area contributed by atoms with Crippen molar-refractivity contribution in [3.63, 3.8) is 0 Å². The number of rotatable bonds is 3. The molecule has 0 rings (SSSR count). The number of unbranched alkanes of at least 4 members (excludes halogenated alkanes) is 1. The molecule has 3 heteroatoms. The number of carbonyl (C=O) groups is 1. The third kappa shape index (κ3) is 3.99. The maximum atomic E-state index is 10.4. The maximum absolute atomic E-state index is 10.4. The average molecular weight is 133 g/mol. The number of carbonyl (C=O) groups excluding carboxylic acids is 1. The van der Waals surface area contributed by atoms with E-state index in [1.54, 1.807) is 0 Å². The number of hydrogen-bond donors (Lipinski definition) is 2. The quantitative estimate of drug-likeness (QED) is 0.555. The van der Waals surface area contributed by atoms with Crippen LogP contribution in [-0.4, -0.2) is 5.91 Å². The molecule has 0 aliphatic carbocycles. The summed E-state index contributed by atoms with van der Waals surface area (Å²) >= 11 is 3.59. The molecule has 1 amide bonds. The summed E-state index contributed by atoms with van der Waals surface area (Å²) < 4.78 is 2.26. The molecular formula is C5H11NOS. The van der Waals surface area contributed by atoms with Crippen LogP contribution in [0.3, 0.4) is 0 Å². The summed E-state index contributed by atoms with van der Waals surface area (Å²) in [6, 6.07) is 0. The van der Waals surface area contributed by atoms with E-state index >= 15 is 0 Å². The first-order valence-corrected chi connectivity index (χ1v) is 3.19. The van der Waals surface area contributed by atoms with E-state index in [4.69, 9.17) is 0 Å². The molecule has 0 radical (unpaired) electrons. The first kappa shape index (κ1) is 7.82. The third-order valence-corrected chi connectivity index (χ3v) is 1.13. The van der Waals surface area contributed by atoms with Crippen LogP contribution in [0.5, 0.6) is 0 Å². The Balaban J connectivity index is 2.99. The van der Waals surface area contributed by atoms with Gasteiger partial charge in [-0.05, 0) is 6.42 Å². The molecule has 8 heavy (non-hydrogen) atoms. The summed E-state index contributed by atoms with van der Waals surface area (Å²) in [7, 11) is 0. The Morgan fingerprint density at radius 1 is 1.75 bits per heavy atom. The summed E-state index contributed by atoms with van der Waals surface area (Å²) in [5.74, 6) is 0.00943. The Morgan fingerprint density at radius 3 is 2.75 bits per heavy atom. The first-order valence-electron chi connectivity index (χ1n) is 2.74. The van der Waals surface area contributed by atoms with Crippen molar-refractivity contribution in [3.8, 4) is 0 Å². The lowest BCUT2D eigenvalue weighted by atomic mass is 10.2. The topological polar surface area (TPSA) is 29.1 Å². The SMILES string of the molecule is CCCCC(=O)NS. The van der Waals surface area contributed by atoms with Crippen molar-refractivity contribution in [1.82, 2.24) is 4.72 Å². The van der Waals surface area contributed by atoms with Crippen molar-refractivity contribution < 1.29 is 4.79 Å². The number of amides is 1. The molecule has 0 aromatic rings. The smallest absolute Gasteiger partial charge is 0.229 e. The lowest BCUT2D eigenvalue weighted by Crippen LogP contribution is -2.10. The van der Waals surface area contributed by atoms with Crippen molar-refractivity contribution in [3.05, 3.63) is 0 Å². The van der Waals surface area contributed by atoms with E-state index in [1.807, 2.05) is 6.92 Å². The fraction of sp³-hybridized carbons (Fsp3) is 0.800. The molecule has 0 saturated carbocycles. The van der Waals surface area contributed by atoms with Crippen LogP contribution < -0.4 is 4.72 Å². The molecule has 0 spiro atoms. The zero-order valence-corrected chi connectivity index (χ0v) is 5.87. The zero-order valence-electron chi connectivity index (χ0n) is 4.98. The highest BCUT2D eigenvalue weighted by molar-refractivity contribution is 7.78. The summed E-state index contributed by atoms with van der Waals surface area (Å²) in [4.78, 5) is 10.4. The molecule has 2 nitrogen and oxygen atoms in total. The molecule has 0 heterocycles. The molecule has 0 aliphatic rings. The molecule has 0 aliphatic heterocycles. The normalized spacial score (nSPS) is 8.75. The molecule has 0 fully saturated rings. The van der Waals surface area contributed by atoms with Gasteiger partial charge in [0, 0.05) is 6.42 Å². The fourth-order valence-corrected chi connectivity index (χ4v) is 0.505. The highest BCUT2D eigenvalue weighted by Crippen LogP contribution is 1.92. The average Bonchev–Trinajstić information content (AvgIpc) is 1.83. The van der Waals surface area contributed by atoms with Gasteiger partial charge in [-0.25, -0.2) is 0 Å². The summed E-state index contributed by atoms with van der Waals surface area (Å²) in [6.45, 7) is 2.05. The van der Waals surface area contributed by atoms with Crippen LogP contribution in [0, 0.1) is 0 Å². The maximum Gasteiger partial charge on any atom is 0.229 e. The van der Waals surface area contributed by atoms with Gasteiger partial charge in [-0.3, -0.25) is 4.79 Å². The van der Waals surface area contributed by atoms with Gasteiger partial charge >= 0.3 is 0 Å².